The molecule has 15 heavy (non-hydrogen) atoms. The summed E-state index contributed by atoms with van der Waals surface area (Å²) in [6.45, 7) is 10.8. The average Bonchev–Trinajstić information content (AvgIpc) is 2.17. The van der Waals surface area contributed by atoms with Crippen molar-refractivity contribution >= 4 is 0 Å². The Balaban J connectivity index is 2.01. The standard InChI is InChI=1S/C13H26N2/c1-11-5-4-6-12(9-11)15-8-7-14-10-13(15,2)3/h11-12,14H,4-10H2,1-3H3. The SMILES string of the molecule is CC1CCCC(N2CCNCC2(C)C)C1. The minimum absolute atomic E-state index is 0.361. The monoisotopic (exact) mass is 210 g/mol. The Morgan fingerprint density at radius 2 is 2.07 bits per heavy atom. The van der Waals surface area contributed by atoms with Crippen molar-refractivity contribution < 1.29 is 0 Å². The Morgan fingerprint density at radius 3 is 2.73 bits per heavy atom. The first-order chi connectivity index (χ1) is 7.09. The first-order valence-electron chi connectivity index (χ1n) is 6.57. The van der Waals surface area contributed by atoms with Gasteiger partial charge in [0.1, 0.15) is 0 Å². The Bertz CT molecular complexity index is 213. The van der Waals surface area contributed by atoms with Crippen molar-refractivity contribution in [2.45, 2.75) is 58.0 Å². The van der Waals surface area contributed by atoms with Gasteiger partial charge in [0, 0.05) is 31.2 Å². The number of nitrogens with zero attached hydrogens (tertiary/aromatic N) is 1. The third kappa shape index (κ3) is 2.54. The van der Waals surface area contributed by atoms with Crippen LogP contribution in [0.2, 0.25) is 0 Å². The van der Waals surface area contributed by atoms with E-state index in [4.69, 9.17) is 0 Å². The van der Waals surface area contributed by atoms with Crippen molar-refractivity contribution in [3.63, 3.8) is 0 Å². The predicted octanol–water partition coefficient (Wildman–Crippen LogP) is 2.25. The highest BCUT2D eigenvalue weighted by Crippen LogP contribution is 2.31. The molecule has 2 nitrogen and oxygen atoms in total. The minimum atomic E-state index is 0.361. The Morgan fingerprint density at radius 1 is 1.27 bits per heavy atom. The molecule has 0 aromatic heterocycles. The summed E-state index contributed by atoms with van der Waals surface area (Å²) < 4.78 is 0. The van der Waals surface area contributed by atoms with Gasteiger partial charge in [-0.1, -0.05) is 19.8 Å². The Kier molecular flexibility index (Phi) is 3.36. The molecule has 1 saturated heterocycles. The summed E-state index contributed by atoms with van der Waals surface area (Å²) in [6.07, 6.45) is 5.73. The van der Waals surface area contributed by atoms with E-state index in [1.165, 1.54) is 38.8 Å². The number of hydrogen-bond donors (Lipinski definition) is 1. The molecule has 2 fully saturated rings. The zero-order valence-corrected chi connectivity index (χ0v) is 10.6. The highest BCUT2D eigenvalue weighted by atomic mass is 15.3. The molecule has 1 aliphatic carbocycles. The Labute approximate surface area is 94.4 Å². The summed E-state index contributed by atoms with van der Waals surface area (Å²) in [5.41, 5.74) is 0.361. The maximum atomic E-state index is 3.51. The van der Waals surface area contributed by atoms with Gasteiger partial charge in [-0.05, 0) is 32.6 Å². The molecule has 1 N–H and O–H groups in total. The van der Waals surface area contributed by atoms with E-state index in [0.717, 1.165) is 18.5 Å². The van der Waals surface area contributed by atoms with Crippen LogP contribution in [0.4, 0.5) is 0 Å². The molecule has 0 aromatic rings. The molecule has 0 amide bonds. The second kappa shape index (κ2) is 4.42. The van der Waals surface area contributed by atoms with Crippen LogP contribution < -0.4 is 5.32 Å². The van der Waals surface area contributed by atoms with Crippen molar-refractivity contribution in [3.05, 3.63) is 0 Å². The van der Waals surface area contributed by atoms with Crippen molar-refractivity contribution in [3.8, 4) is 0 Å². The molecular weight excluding hydrogens is 184 g/mol. The van der Waals surface area contributed by atoms with E-state index in [9.17, 15) is 0 Å². The van der Waals surface area contributed by atoms with Gasteiger partial charge >= 0.3 is 0 Å². The van der Waals surface area contributed by atoms with E-state index in [2.05, 4.69) is 31.0 Å². The van der Waals surface area contributed by atoms with E-state index in [0.29, 0.717) is 5.54 Å². The molecule has 2 rings (SSSR count). The molecule has 0 bridgehead atoms. The number of nitrogens with one attached hydrogen (secondary N) is 1. The van der Waals surface area contributed by atoms with Gasteiger partial charge in [-0.3, -0.25) is 4.90 Å². The lowest BCUT2D eigenvalue weighted by molar-refractivity contribution is 0.0199. The van der Waals surface area contributed by atoms with Crippen molar-refractivity contribution in [1.82, 2.24) is 10.2 Å². The van der Waals surface area contributed by atoms with Crippen LogP contribution in [0.3, 0.4) is 0 Å². The third-order valence-corrected chi connectivity index (χ3v) is 4.21. The van der Waals surface area contributed by atoms with Crippen molar-refractivity contribution in [2.75, 3.05) is 19.6 Å². The van der Waals surface area contributed by atoms with E-state index in [-0.39, 0.29) is 0 Å². The van der Waals surface area contributed by atoms with Gasteiger partial charge in [0.25, 0.3) is 0 Å². The van der Waals surface area contributed by atoms with Gasteiger partial charge in [0.2, 0.25) is 0 Å². The van der Waals surface area contributed by atoms with Crippen LogP contribution in [0, 0.1) is 5.92 Å². The van der Waals surface area contributed by atoms with Gasteiger partial charge in [0.05, 0.1) is 0 Å². The summed E-state index contributed by atoms with van der Waals surface area (Å²) in [4.78, 5) is 2.76. The lowest BCUT2D eigenvalue weighted by Gasteiger charge is -2.49. The Hall–Kier alpha value is -0.0800. The average molecular weight is 210 g/mol. The van der Waals surface area contributed by atoms with Crippen LogP contribution in [0.15, 0.2) is 0 Å². The molecule has 1 saturated carbocycles. The molecule has 2 heteroatoms. The zero-order valence-electron chi connectivity index (χ0n) is 10.6. The lowest BCUT2D eigenvalue weighted by Crippen LogP contribution is -2.61. The largest absolute Gasteiger partial charge is 0.314 e. The molecule has 0 aromatic carbocycles. The lowest BCUT2D eigenvalue weighted by atomic mass is 9.83. The summed E-state index contributed by atoms with van der Waals surface area (Å²) in [5, 5.41) is 3.51. The van der Waals surface area contributed by atoms with E-state index < -0.39 is 0 Å². The van der Waals surface area contributed by atoms with Crippen molar-refractivity contribution in [2.24, 2.45) is 5.92 Å². The number of piperazine rings is 1. The first kappa shape index (κ1) is 11.4. The first-order valence-corrected chi connectivity index (χ1v) is 6.57. The van der Waals surface area contributed by atoms with Gasteiger partial charge in [-0.15, -0.1) is 0 Å². The minimum Gasteiger partial charge on any atom is -0.314 e. The molecule has 2 unspecified atom stereocenters. The highest BCUT2D eigenvalue weighted by molar-refractivity contribution is 4.93. The second-order valence-electron chi connectivity index (χ2n) is 6.11. The van der Waals surface area contributed by atoms with Crippen LogP contribution >= 0.6 is 0 Å². The molecule has 2 atom stereocenters. The van der Waals surface area contributed by atoms with Crippen LogP contribution in [-0.2, 0) is 0 Å². The third-order valence-electron chi connectivity index (χ3n) is 4.21. The smallest absolute Gasteiger partial charge is 0.0281 e. The predicted molar refractivity (Wildman–Crippen MR) is 65.1 cm³/mol. The molecule has 1 aliphatic heterocycles. The molecule has 0 radical (unpaired) electrons. The van der Waals surface area contributed by atoms with Crippen LogP contribution in [0.5, 0.6) is 0 Å². The summed E-state index contributed by atoms with van der Waals surface area (Å²) >= 11 is 0. The zero-order chi connectivity index (χ0) is 10.9. The number of hydrogen-bond acceptors (Lipinski definition) is 2. The molecule has 88 valence electrons. The normalized spacial score (nSPS) is 37.8. The van der Waals surface area contributed by atoms with Gasteiger partial charge < -0.3 is 5.32 Å². The quantitative estimate of drug-likeness (QED) is 0.714. The van der Waals surface area contributed by atoms with Crippen LogP contribution in [0.1, 0.15) is 46.5 Å². The fourth-order valence-corrected chi connectivity index (χ4v) is 3.36. The van der Waals surface area contributed by atoms with Gasteiger partial charge in [-0.25, -0.2) is 0 Å². The second-order valence-corrected chi connectivity index (χ2v) is 6.11. The fraction of sp³-hybridized carbons (Fsp3) is 1.00. The van der Waals surface area contributed by atoms with E-state index >= 15 is 0 Å². The fourth-order valence-electron chi connectivity index (χ4n) is 3.36. The molecule has 1 heterocycles. The van der Waals surface area contributed by atoms with E-state index in [1.807, 2.05) is 0 Å². The molecule has 0 spiro atoms. The van der Waals surface area contributed by atoms with Crippen molar-refractivity contribution in [1.29, 1.82) is 0 Å². The maximum absolute atomic E-state index is 3.51. The summed E-state index contributed by atoms with van der Waals surface area (Å²) in [5.74, 6) is 0.939. The summed E-state index contributed by atoms with van der Waals surface area (Å²) in [6, 6.07) is 0.853. The maximum Gasteiger partial charge on any atom is 0.0281 e. The topological polar surface area (TPSA) is 15.3 Å². The highest BCUT2D eigenvalue weighted by Gasteiger charge is 2.36. The van der Waals surface area contributed by atoms with Gasteiger partial charge in [0.15, 0.2) is 0 Å². The van der Waals surface area contributed by atoms with Crippen LogP contribution in [0.25, 0.3) is 0 Å². The number of rotatable bonds is 1. The van der Waals surface area contributed by atoms with E-state index in [1.54, 1.807) is 0 Å². The molecule has 2 aliphatic rings. The summed E-state index contributed by atoms with van der Waals surface area (Å²) in [7, 11) is 0. The molecular formula is C13H26N2. The van der Waals surface area contributed by atoms with Gasteiger partial charge in [-0.2, -0.15) is 0 Å². The van der Waals surface area contributed by atoms with Crippen LogP contribution in [-0.4, -0.2) is 36.1 Å².